The second-order valence-electron chi connectivity index (χ2n) is 3.48. The fraction of sp³-hybridized carbons (Fsp3) is 0.375. The van der Waals surface area contributed by atoms with Gasteiger partial charge in [-0.25, -0.2) is 18.1 Å². The maximum atomic E-state index is 12.0. The first kappa shape index (κ1) is 12.9. The summed E-state index contributed by atoms with van der Waals surface area (Å²) in [4.78, 5) is 7.76. The third kappa shape index (κ3) is 2.66. The van der Waals surface area contributed by atoms with Gasteiger partial charge < -0.3 is 10.3 Å². The van der Waals surface area contributed by atoms with E-state index in [9.17, 15) is 8.42 Å². The van der Waals surface area contributed by atoms with E-state index in [2.05, 4.69) is 19.8 Å². The summed E-state index contributed by atoms with van der Waals surface area (Å²) in [5.41, 5.74) is 5.83. The number of aromatic nitrogens is 3. The van der Waals surface area contributed by atoms with Crippen LogP contribution in [0.15, 0.2) is 8.73 Å². The van der Waals surface area contributed by atoms with Gasteiger partial charge in [-0.3, -0.25) is 0 Å². The van der Waals surface area contributed by atoms with Crippen molar-refractivity contribution in [3.8, 4) is 0 Å². The Hall–Kier alpha value is -1.52. The van der Waals surface area contributed by atoms with E-state index in [1.54, 1.807) is 13.8 Å². The Labute approximate surface area is 107 Å². The van der Waals surface area contributed by atoms with E-state index in [1.807, 2.05) is 0 Å². The predicted octanol–water partition coefficient (Wildman–Crippen LogP) is 0.204. The molecule has 0 radical (unpaired) electrons. The maximum Gasteiger partial charge on any atom is 0.252 e. The molecule has 0 aliphatic heterocycles. The lowest BCUT2D eigenvalue weighted by atomic mass is 10.6. The SMILES string of the molecule is Cc1noc(CNS(=O)(=O)c2sc(N)nc2C)n1. The van der Waals surface area contributed by atoms with E-state index < -0.39 is 10.0 Å². The molecule has 0 aliphatic carbocycles. The smallest absolute Gasteiger partial charge is 0.252 e. The van der Waals surface area contributed by atoms with Crippen LogP contribution in [-0.4, -0.2) is 23.5 Å². The van der Waals surface area contributed by atoms with Crippen LogP contribution in [0.2, 0.25) is 0 Å². The van der Waals surface area contributed by atoms with Crippen LogP contribution in [0.1, 0.15) is 17.4 Å². The molecule has 18 heavy (non-hydrogen) atoms. The second-order valence-corrected chi connectivity index (χ2v) is 6.48. The van der Waals surface area contributed by atoms with Gasteiger partial charge in [0.1, 0.15) is 0 Å². The van der Waals surface area contributed by atoms with Crippen molar-refractivity contribution in [2.24, 2.45) is 0 Å². The molecule has 0 amide bonds. The van der Waals surface area contributed by atoms with Crippen LogP contribution in [0.3, 0.4) is 0 Å². The summed E-state index contributed by atoms with van der Waals surface area (Å²) < 4.78 is 31.2. The maximum absolute atomic E-state index is 12.0. The predicted molar refractivity (Wildman–Crippen MR) is 64.3 cm³/mol. The number of rotatable bonds is 4. The van der Waals surface area contributed by atoms with Crippen molar-refractivity contribution >= 4 is 26.5 Å². The minimum absolute atomic E-state index is 0.0690. The summed E-state index contributed by atoms with van der Waals surface area (Å²) in [6, 6.07) is 0. The van der Waals surface area contributed by atoms with Crippen molar-refractivity contribution in [3.05, 3.63) is 17.4 Å². The number of hydrogen-bond donors (Lipinski definition) is 2. The van der Waals surface area contributed by atoms with Crippen molar-refractivity contribution < 1.29 is 12.9 Å². The van der Waals surface area contributed by atoms with E-state index in [0.29, 0.717) is 11.5 Å². The molecule has 0 bridgehead atoms. The van der Waals surface area contributed by atoms with Crippen molar-refractivity contribution in [1.82, 2.24) is 19.8 Å². The second kappa shape index (κ2) is 4.63. The van der Waals surface area contributed by atoms with E-state index in [4.69, 9.17) is 10.3 Å². The highest BCUT2D eigenvalue weighted by Crippen LogP contribution is 2.24. The molecule has 0 aliphatic rings. The molecule has 0 aromatic carbocycles. The zero-order valence-corrected chi connectivity index (χ0v) is 11.3. The van der Waals surface area contributed by atoms with E-state index >= 15 is 0 Å². The van der Waals surface area contributed by atoms with Gasteiger partial charge in [-0.1, -0.05) is 16.5 Å². The van der Waals surface area contributed by atoms with Crippen LogP contribution >= 0.6 is 11.3 Å². The van der Waals surface area contributed by atoms with Gasteiger partial charge in [0.15, 0.2) is 15.2 Å². The first-order chi connectivity index (χ1) is 8.38. The van der Waals surface area contributed by atoms with Crippen molar-refractivity contribution in [2.45, 2.75) is 24.6 Å². The van der Waals surface area contributed by atoms with Gasteiger partial charge in [0.05, 0.1) is 12.2 Å². The molecule has 98 valence electrons. The highest BCUT2D eigenvalue weighted by molar-refractivity contribution is 7.91. The number of anilines is 1. The fourth-order valence-electron chi connectivity index (χ4n) is 1.29. The lowest BCUT2D eigenvalue weighted by Crippen LogP contribution is -2.23. The minimum atomic E-state index is -3.66. The average Bonchev–Trinajstić information content (AvgIpc) is 2.82. The third-order valence-electron chi connectivity index (χ3n) is 2.00. The molecule has 2 heterocycles. The molecule has 3 N–H and O–H groups in total. The third-order valence-corrected chi connectivity index (χ3v) is 5.00. The number of nitrogen functional groups attached to an aromatic ring is 1. The summed E-state index contributed by atoms with van der Waals surface area (Å²) in [6.07, 6.45) is 0. The van der Waals surface area contributed by atoms with Crippen molar-refractivity contribution in [1.29, 1.82) is 0 Å². The number of nitrogens with zero attached hydrogens (tertiary/aromatic N) is 3. The first-order valence-electron chi connectivity index (χ1n) is 4.90. The zero-order valence-electron chi connectivity index (χ0n) is 9.67. The van der Waals surface area contributed by atoms with Crippen LogP contribution in [0.25, 0.3) is 0 Å². The average molecular weight is 289 g/mol. The Bertz CT molecular complexity index is 660. The van der Waals surface area contributed by atoms with Gasteiger partial charge in [0.2, 0.25) is 5.89 Å². The summed E-state index contributed by atoms with van der Waals surface area (Å²) in [6.45, 7) is 3.16. The van der Waals surface area contributed by atoms with Gasteiger partial charge in [-0.2, -0.15) is 4.98 Å². The largest absolute Gasteiger partial charge is 0.375 e. The van der Waals surface area contributed by atoms with Crippen molar-refractivity contribution in [2.75, 3.05) is 5.73 Å². The monoisotopic (exact) mass is 289 g/mol. The summed E-state index contributed by atoms with van der Waals surface area (Å²) >= 11 is 0.911. The van der Waals surface area contributed by atoms with Crippen LogP contribution in [0, 0.1) is 13.8 Å². The molecule has 0 atom stereocenters. The summed E-state index contributed by atoms with van der Waals surface area (Å²) in [5, 5.41) is 3.77. The molecule has 2 aromatic heterocycles. The number of thiazole rings is 1. The topological polar surface area (TPSA) is 124 Å². The molecule has 2 rings (SSSR count). The zero-order chi connectivity index (χ0) is 13.3. The number of nitrogens with one attached hydrogen (secondary N) is 1. The van der Waals surface area contributed by atoms with Crippen LogP contribution in [0.5, 0.6) is 0 Å². The Morgan fingerprint density at radius 1 is 1.39 bits per heavy atom. The molecule has 0 unspecified atom stereocenters. The lowest BCUT2D eigenvalue weighted by molar-refractivity contribution is 0.372. The van der Waals surface area contributed by atoms with E-state index in [0.717, 1.165) is 11.3 Å². The molecule has 0 spiro atoms. The minimum Gasteiger partial charge on any atom is -0.375 e. The molecule has 8 nitrogen and oxygen atoms in total. The number of nitrogens with two attached hydrogens (primary N) is 1. The molecule has 2 aromatic rings. The van der Waals surface area contributed by atoms with Crippen LogP contribution in [-0.2, 0) is 16.6 Å². The van der Waals surface area contributed by atoms with Crippen LogP contribution in [0.4, 0.5) is 5.13 Å². The quantitative estimate of drug-likeness (QED) is 0.824. The highest BCUT2D eigenvalue weighted by atomic mass is 32.2. The van der Waals surface area contributed by atoms with Crippen molar-refractivity contribution in [3.63, 3.8) is 0 Å². The molecular formula is C8H11N5O3S2. The normalized spacial score (nSPS) is 11.9. The Morgan fingerprint density at radius 3 is 2.61 bits per heavy atom. The standard InChI is InChI=1S/C8H11N5O3S2/c1-4-7(17-8(9)11-4)18(14,15)10-3-6-12-5(2)13-16-6/h10H,3H2,1-2H3,(H2,9,11). The van der Waals surface area contributed by atoms with Gasteiger partial charge >= 0.3 is 0 Å². The van der Waals surface area contributed by atoms with E-state index in [1.165, 1.54) is 0 Å². The lowest BCUT2D eigenvalue weighted by Gasteiger charge is -2.01. The Morgan fingerprint density at radius 2 is 2.11 bits per heavy atom. The Kier molecular flexibility index (Phi) is 3.32. The van der Waals surface area contributed by atoms with Gasteiger partial charge in [0, 0.05) is 0 Å². The number of sulfonamides is 1. The summed E-state index contributed by atoms with van der Waals surface area (Å²) in [7, 11) is -3.66. The molecule has 10 heteroatoms. The number of aryl methyl sites for hydroxylation is 2. The molecule has 0 fully saturated rings. The van der Waals surface area contributed by atoms with Gasteiger partial charge in [0.25, 0.3) is 10.0 Å². The number of hydrogen-bond acceptors (Lipinski definition) is 8. The molecule has 0 saturated heterocycles. The summed E-state index contributed by atoms with van der Waals surface area (Å²) in [5.74, 6) is 0.647. The van der Waals surface area contributed by atoms with E-state index in [-0.39, 0.29) is 21.8 Å². The van der Waals surface area contributed by atoms with Crippen LogP contribution < -0.4 is 10.5 Å². The first-order valence-corrected chi connectivity index (χ1v) is 7.20. The molecular weight excluding hydrogens is 278 g/mol. The highest BCUT2D eigenvalue weighted by Gasteiger charge is 2.21. The fourth-order valence-corrected chi connectivity index (χ4v) is 3.60. The van der Waals surface area contributed by atoms with Gasteiger partial charge in [-0.15, -0.1) is 0 Å². The van der Waals surface area contributed by atoms with Gasteiger partial charge in [-0.05, 0) is 13.8 Å². The Balaban J connectivity index is 2.15. The molecule has 0 saturated carbocycles.